The Morgan fingerprint density at radius 1 is 0.733 bits per heavy atom. The van der Waals surface area contributed by atoms with Gasteiger partial charge in [-0.25, -0.2) is 0 Å². The smallest absolute Gasteiger partial charge is 0.0894 e. The molecule has 0 nitrogen and oxygen atoms in total. The standard InChI is InChI=1S/C14H27F/c1-2-3-4-5-6-7-8-9-10-11-12-13-14-15/h7-8H,2-6,9-14H2,1H3. The Morgan fingerprint density at radius 3 is 1.80 bits per heavy atom. The Bertz CT molecular complexity index is 129. The molecular formula is C14H27F. The molecule has 0 saturated heterocycles. The van der Waals surface area contributed by atoms with Crippen LogP contribution >= 0.6 is 0 Å². The average molecular weight is 214 g/mol. The summed E-state index contributed by atoms with van der Waals surface area (Å²) in [7, 11) is 0. The third-order valence-electron chi connectivity index (χ3n) is 2.65. The van der Waals surface area contributed by atoms with Gasteiger partial charge in [0.25, 0.3) is 0 Å². The fraction of sp³-hybridized carbons (Fsp3) is 0.857. The quantitative estimate of drug-likeness (QED) is 0.317. The van der Waals surface area contributed by atoms with E-state index in [0.717, 1.165) is 12.8 Å². The molecule has 0 amide bonds. The fourth-order valence-corrected chi connectivity index (χ4v) is 1.63. The lowest BCUT2D eigenvalue weighted by Gasteiger charge is -1.96. The van der Waals surface area contributed by atoms with Crippen molar-refractivity contribution in [3.05, 3.63) is 12.2 Å². The molecule has 0 aromatic rings. The summed E-state index contributed by atoms with van der Waals surface area (Å²) < 4.78 is 11.8. The van der Waals surface area contributed by atoms with Crippen LogP contribution < -0.4 is 0 Å². The van der Waals surface area contributed by atoms with Gasteiger partial charge in [0, 0.05) is 0 Å². The molecule has 1 heteroatoms. The zero-order valence-corrected chi connectivity index (χ0v) is 10.3. The van der Waals surface area contributed by atoms with Crippen LogP contribution in [0.2, 0.25) is 0 Å². The molecule has 0 radical (unpaired) electrons. The Morgan fingerprint density at radius 2 is 1.27 bits per heavy atom. The van der Waals surface area contributed by atoms with Crippen molar-refractivity contribution in [2.24, 2.45) is 0 Å². The summed E-state index contributed by atoms with van der Waals surface area (Å²) in [6, 6.07) is 0. The van der Waals surface area contributed by atoms with E-state index in [1.54, 1.807) is 0 Å². The second kappa shape index (κ2) is 13.7. The SMILES string of the molecule is CCCCCCC=CCCCCCCF. The van der Waals surface area contributed by atoms with Gasteiger partial charge in [-0.2, -0.15) is 0 Å². The molecule has 0 aliphatic rings. The number of rotatable bonds is 11. The van der Waals surface area contributed by atoms with Gasteiger partial charge < -0.3 is 0 Å². The van der Waals surface area contributed by atoms with Crippen molar-refractivity contribution in [3.8, 4) is 0 Å². The van der Waals surface area contributed by atoms with Gasteiger partial charge in [-0.15, -0.1) is 0 Å². The highest BCUT2D eigenvalue weighted by molar-refractivity contribution is 4.81. The van der Waals surface area contributed by atoms with Crippen LogP contribution in [-0.2, 0) is 0 Å². The normalized spacial score (nSPS) is 11.3. The van der Waals surface area contributed by atoms with Crippen molar-refractivity contribution in [1.82, 2.24) is 0 Å². The fourth-order valence-electron chi connectivity index (χ4n) is 1.63. The van der Waals surface area contributed by atoms with E-state index in [1.807, 2.05) is 0 Å². The van der Waals surface area contributed by atoms with Crippen LogP contribution in [0.3, 0.4) is 0 Å². The maximum absolute atomic E-state index is 11.8. The van der Waals surface area contributed by atoms with Crippen molar-refractivity contribution in [1.29, 1.82) is 0 Å². The van der Waals surface area contributed by atoms with E-state index in [0.29, 0.717) is 0 Å². The van der Waals surface area contributed by atoms with Crippen molar-refractivity contribution >= 4 is 0 Å². The molecule has 15 heavy (non-hydrogen) atoms. The molecule has 0 saturated carbocycles. The molecule has 0 aliphatic carbocycles. The van der Waals surface area contributed by atoms with Crippen LogP contribution in [-0.4, -0.2) is 6.67 Å². The topological polar surface area (TPSA) is 0 Å². The molecule has 0 bridgehead atoms. The first-order valence-corrected chi connectivity index (χ1v) is 6.62. The van der Waals surface area contributed by atoms with Crippen molar-refractivity contribution in [2.75, 3.05) is 6.67 Å². The number of hydrogen-bond acceptors (Lipinski definition) is 0. The van der Waals surface area contributed by atoms with Gasteiger partial charge in [-0.1, -0.05) is 51.2 Å². The Balaban J connectivity index is 2.97. The maximum atomic E-state index is 11.8. The number of allylic oxidation sites excluding steroid dienone is 2. The molecule has 0 N–H and O–H groups in total. The predicted octanol–water partition coefficient (Wildman–Crippen LogP) is 5.43. The van der Waals surface area contributed by atoms with Crippen LogP contribution in [0.5, 0.6) is 0 Å². The lowest BCUT2D eigenvalue weighted by atomic mass is 10.1. The molecule has 90 valence electrons. The first-order valence-electron chi connectivity index (χ1n) is 6.62. The van der Waals surface area contributed by atoms with Crippen LogP contribution in [0.4, 0.5) is 4.39 Å². The second-order valence-corrected chi connectivity index (χ2v) is 4.21. The third-order valence-corrected chi connectivity index (χ3v) is 2.65. The van der Waals surface area contributed by atoms with E-state index in [-0.39, 0.29) is 6.67 Å². The van der Waals surface area contributed by atoms with Crippen molar-refractivity contribution in [2.45, 2.75) is 71.1 Å². The van der Waals surface area contributed by atoms with Crippen LogP contribution in [0.25, 0.3) is 0 Å². The first kappa shape index (κ1) is 14.7. The summed E-state index contributed by atoms with van der Waals surface area (Å²) in [5.74, 6) is 0. The predicted molar refractivity (Wildman–Crippen MR) is 67.0 cm³/mol. The van der Waals surface area contributed by atoms with Gasteiger partial charge >= 0.3 is 0 Å². The number of unbranched alkanes of at least 4 members (excludes halogenated alkanes) is 8. The molecule has 0 heterocycles. The molecule has 0 unspecified atom stereocenters. The maximum Gasteiger partial charge on any atom is 0.0894 e. The monoisotopic (exact) mass is 214 g/mol. The minimum Gasteiger partial charge on any atom is -0.251 e. The molecule has 0 aromatic carbocycles. The van der Waals surface area contributed by atoms with Crippen molar-refractivity contribution in [3.63, 3.8) is 0 Å². The zero-order chi connectivity index (χ0) is 11.2. The third kappa shape index (κ3) is 13.7. The van der Waals surface area contributed by atoms with E-state index >= 15 is 0 Å². The highest BCUT2D eigenvalue weighted by Crippen LogP contribution is 2.06. The summed E-state index contributed by atoms with van der Waals surface area (Å²) >= 11 is 0. The van der Waals surface area contributed by atoms with E-state index < -0.39 is 0 Å². The lowest BCUT2D eigenvalue weighted by molar-refractivity contribution is 0.453. The molecule has 0 atom stereocenters. The Labute approximate surface area is 95.0 Å². The summed E-state index contributed by atoms with van der Waals surface area (Å²) in [5.41, 5.74) is 0. The highest BCUT2D eigenvalue weighted by Gasteiger charge is 1.88. The number of halogens is 1. The average Bonchev–Trinajstić information content (AvgIpc) is 2.26. The van der Waals surface area contributed by atoms with E-state index in [4.69, 9.17) is 0 Å². The van der Waals surface area contributed by atoms with Gasteiger partial charge in [0.15, 0.2) is 0 Å². The molecule has 0 rings (SSSR count). The van der Waals surface area contributed by atoms with Gasteiger partial charge in [-0.05, 0) is 32.1 Å². The van der Waals surface area contributed by atoms with Crippen LogP contribution in [0, 0.1) is 0 Å². The van der Waals surface area contributed by atoms with E-state index in [2.05, 4.69) is 19.1 Å². The summed E-state index contributed by atoms with van der Waals surface area (Å²) in [4.78, 5) is 0. The van der Waals surface area contributed by atoms with Crippen LogP contribution in [0.15, 0.2) is 12.2 Å². The van der Waals surface area contributed by atoms with Crippen LogP contribution in [0.1, 0.15) is 71.1 Å². The number of hydrogen-bond donors (Lipinski definition) is 0. The Kier molecular flexibility index (Phi) is 13.4. The molecule has 0 spiro atoms. The minimum atomic E-state index is -0.146. The van der Waals surface area contributed by atoms with Gasteiger partial charge in [0.2, 0.25) is 0 Å². The Hall–Kier alpha value is -0.330. The lowest BCUT2D eigenvalue weighted by Crippen LogP contribution is -1.79. The van der Waals surface area contributed by atoms with E-state index in [9.17, 15) is 4.39 Å². The molecule has 0 aliphatic heterocycles. The molecule has 0 aromatic heterocycles. The first-order chi connectivity index (χ1) is 7.41. The minimum absolute atomic E-state index is 0.146. The van der Waals surface area contributed by atoms with E-state index in [1.165, 1.54) is 51.4 Å². The van der Waals surface area contributed by atoms with Gasteiger partial charge in [-0.3, -0.25) is 4.39 Å². The summed E-state index contributed by atoms with van der Waals surface area (Å²) in [6.07, 6.45) is 16.6. The van der Waals surface area contributed by atoms with Crippen molar-refractivity contribution < 1.29 is 4.39 Å². The summed E-state index contributed by atoms with van der Waals surface area (Å²) in [5, 5.41) is 0. The largest absolute Gasteiger partial charge is 0.251 e. The van der Waals surface area contributed by atoms with Gasteiger partial charge in [0.1, 0.15) is 0 Å². The molecule has 0 fully saturated rings. The number of alkyl halides is 1. The summed E-state index contributed by atoms with van der Waals surface area (Å²) in [6.45, 7) is 2.10. The highest BCUT2D eigenvalue weighted by atomic mass is 19.1. The van der Waals surface area contributed by atoms with Gasteiger partial charge in [0.05, 0.1) is 6.67 Å². The zero-order valence-electron chi connectivity index (χ0n) is 10.3. The second-order valence-electron chi connectivity index (χ2n) is 4.21. The molecular weight excluding hydrogens is 187 g/mol.